The minimum Gasteiger partial charge on any atom is -0.481 e. The van der Waals surface area contributed by atoms with Crippen LogP contribution < -0.4 is 0 Å². The van der Waals surface area contributed by atoms with Crippen LogP contribution in [0.25, 0.3) is 5.08 Å². The fraction of sp³-hybridized carbons (Fsp3) is 0.143. The van der Waals surface area contributed by atoms with Crippen molar-refractivity contribution in [1.82, 2.24) is 0 Å². The maximum absolute atomic E-state index is 12.7. The third-order valence-corrected chi connectivity index (χ3v) is 4.69. The van der Waals surface area contributed by atoms with E-state index in [9.17, 15) is 14.7 Å². The number of Topliss-reactive ketones (excluding diaryl/α,β-unsaturated/α-hetero) is 1. The van der Waals surface area contributed by atoms with E-state index in [-0.39, 0.29) is 18.6 Å². The van der Waals surface area contributed by atoms with Crippen molar-refractivity contribution in [2.75, 3.05) is 0 Å². The van der Waals surface area contributed by atoms with Gasteiger partial charge in [-0.25, -0.2) is 0 Å². The number of carbonyl (C=O) groups is 2. The lowest BCUT2D eigenvalue weighted by Gasteiger charge is -2.23. The molecule has 0 aromatic rings. The highest BCUT2D eigenvalue weighted by Crippen LogP contribution is 2.32. The van der Waals surface area contributed by atoms with Crippen molar-refractivity contribution < 1.29 is 14.7 Å². The molecule has 3 aliphatic carbocycles. The van der Waals surface area contributed by atoms with Gasteiger partial charge in [-0.05, 0) is 53.5 Å². The lowest BCUT2D eigenvalue weighted by Crippen LogP contribution is -2.24. The molecular weight excluding hydrogens is 384 g/mol. The zero-order chi connectivity index (χ0) is 21.5. The Morgan fingerprint density at radius 2 is 1.67 bits per heavy atom. The molecule has 3 aliphatic rings. The molecule has 0 bridgehead atoms. The monoisotopic (exact) mass is 401 g/mol. The molecule has 0 saturated heterocycles. The van der Waals surface area contributed by atoms with E-state index in [0.29, 0.717) is 33.7 Å². The van der Waals surface area contributed by atoms with Gasteiger partial charge in [0.1, 0.15) is 0 Å². The van der Waals surface area contributed by atoms with E-state index >= 15 is 0 Å². The molecule has 0 saturated carbocycles. The first-order valence-electron chi connectivity index (χ1n) is 9.04. The smallest absolute Gasteiger partial charge is 0.339 e. The van der Waals surface area contributed by atoms with Gasteiger partial charge in [0.15, 0.2) is 16.6 Å². The van der Waals surface area contributed by atoms with Crippen molar-refractivity contribution in [3.05, 3.63) is 88.1 Å². The normalized spacial score (nSPS) is 20.2. The van der Waals surface area contributed by atoms with Crippen molar-refractivity contribution in [2.24, 2.45) is 21.3 Å². The Morgan fingerprint density at radius 3 is 2.23 bits per heavy atom. The van der Waals surface area contributed by atoms with Crippen LogP contribution in [0.1, 0.15) is 12.8 Å². The van der Waals surface area contributed by atoms with Crippen LogP contribution in [0.5, 0.6) is 0 Å². The number of hydrogen-bond acceptors (Lipinski definition) is 6. The molecule has 2 N–H and O–H groups in total. The lowest BCUT2D eigenvalue weighted by molar-refractivity contribution is -0.140. The lowest BCUT2D eigenvalue weighted by atomic mass is 9.80. The number of carboxylic acids is 1. The molecule has 1 unspecified atom stereocenters. The Balaban J connectivity index is 2.05. The summed E-state index contributed by atoms with van der Waals surface area (Å²) in [6.07, 6.45) is 17.1. The Morgan fingerprint density at radius 1 is 1.07 bits per heavy atom. The number of diazo groups is 1. The molecule has 1 atom stereocenters. The van der Waals surface area contributed by atoms with Crippen molar-refractivity contribution in [3.63, 3.8) is 0 Å². The van der Waals surface area contributed by atoms with E-state index in [1.807, 2.05) is 0 Å². The maximum atomic E-state index is 12.7. The zero-order valence-corrected chi connectivity index (χ0v) is 15.8. The van der Waals surface area contributed by atoms with Crippen LogP contribution in [0.2, 0.25) is 0 Å². The molecule has 9 nitrogen and oxygen atoms in total. The van der Waals surface area contributed by atoms with Crippen LogP contribution in [0, 0.1) is 16.8 Å². The predicted molar refractivity (Wildman–Crippen MR) is 110 cm³/mol. The minimum absolute atomic E-state index is 0.126. The van der Waals surface area contributed by atoms with Crippen LogP contribution in [0.3, 0.4) is 0 Å². The summed E-state index contributed by atoms with van der Waals surface area (Å²) >= 11 is 0. The van der Waals surface area contributed by atoms with Crippen molar-refractivity contribution in [1.29, 1.82) is 10.9 Å². The Kier molecular flexibility index (Phi) is 6.29. The SMILES string of the molecule is N#[N+]N=C1C=CC(=CC2=C(C=C3C=CC(=NN=N)C=C3)C(=O)CCC2C(=O)O)C=C1. The highest BCUT2D eigenvalue weighted by molar-refractivity contribution is 6.07. The average Bonchev–Trinajstić information content (AvgIpc) is 2.73. The molecule has 0 aromatic carbocycles. The number of carboxylic acid groups (broad SMARTS) is 1. The maximum Gasteiger partial charge on any atom is 0.339 e. The summed E-state index contributed by atoms with van der Waals surface area (Å²) in [5.74, 6) is -1.92. The van der Waals surface area contributed by atoms with Gasteiger partial charge < -0.3 is 5.11 Å². The van der Waals surface area contributed by atoms with E-state index in [0.717, 1.165) is 0 Å². The molecule has 30 heavy (non-hydrogen) atoms. The average molecular weight is 401 g/mol. The number of carbonyl (C=O) groups excluding carboxylic acids is 1. The molecular formula is C21H17N6O3+. The molecule has 9 heteroatoms. The number of hydrogen-bond donors (Lipinski definition) is 2. The van der Waals surface area contributed by atoms with Gasteiger partial charge >= 0.3 is 11.1 Å². The minimum atomic E-state index is -0.989. The fourth-order valence-electron chi connectivity index (χ4n) is 3.24. The molecule has 0 aromatic heterocycles. The van der Waals surface area contributed by atoms with Gasteiger partial charge in [-0.15, -0.1) is 5.10 Å². The second-order valence-corrected chi connectivity index (χ2v) is 6.58. The molecule has 0 radical (unpaired) electrons. The molecule has 0 amide bonds. The topological polar surface area (TPSA) is 143 Å². The first-order chi connectivity index (χ1) is 14.5. The Bertz CT molecular complexity index is 1080. The van der Waals surface area contributed by atoms with Gasteiger partial charge in [-0.3, -0.25) is 9.59 Å². The summed E-state index contributed by atoms with van der Waals surface area (Å²) in [7, 11) is 0. The molecule has 0 aliphatic heterocycles. The van der Waals surface area contributed by atoms with Gasteiger partial charge in [0.25, 0.3) is 5.39 Å². The van der Waals surface area contributed by atoms with E-state index in [2.05, 4.69) is 20.5 Å². The number of nitrogens with one attached hydrogen (secondary N) is 1. The van der Waals surface area contributed by atoms with Gasteiger partial charge in [0, 0.05) is 12.0 Å². The molecule has 0 fully saturated rings. The fourth-order valence-corrected chi connectivity index (χ4v) is 3.24. The zero-order valence-electron chi connectivity index (χ0n) is 15.8. The molecule has 0 heterocycles. The van der Waals surface area contributed by atoms with E-state index < -0.39 is 11.9 Å². The summed E-state index contributed by atoms with van der Waals surface area (Å²) < 4.78 is 0. The number of aliphatic carboxylic acids is 1. The van der Waals surface area contributed by atoms with Crippen molar-refractivity contribution >= 4 is 23.2 Å². The molecule has 3 rings (SSSR count). The van der Waals surface area contributed by atoms with Crippen LogP contribution in [-0.4, -0.2) is 28.3 Å². The van der Waals surface area contributed by atoms with Crippen molar-refractivity contribution in [3.8, 4) is 0 Å². The number of allylic oxidation sites excluding steroid dienone is 13. The third kappa shape index (κ3) is 4.74. The van der Waals surface area contributed by atoms with Crippen LogP contribution in [0.15, 0.2) is 98.5 Å². The van der Waals surface area contributed by atoms with E-state index in [1.165, 1.54) is 0 Å². The number of ketones is 1. The first kappa shape index (κ1) is 20.4. The number of rotatable bonds is 4. The molecule has 0 spiro atoms. The van der Waals surface area contributed by atoms with Crippen LogP contribution in [0.4, 0.5) is 0 Å². The van der Waals surface area contributed by atoms with E-state index in [4.69, 9.17) is 10.9 Å². The van der Waals surface area contributed by atoms with Gasteiger partial charge in [-0.1, -0.05) is 35.6 Å². The second kappa shape index (κ2) is 9.25. The Labute approximate surface area is 171 Å². The summed E-state index contributed by atoms with van der Waals surface area (Å²) in [5.41, 5.74) is 9.90. The summed E-state index contributed by atoms with van der Waals surface area (Å²) in [4.78, 5) is 24.5. The van der Waals surface area contributed by atoms with Gasteiger partial charge in [0.05, 0.1) is 11.6 Å². The molecule has 148 valence electrons. The van der Waals surface area contributed by atoms with Crippen LogP contribution in [-0.2, 0) is 9.59 Å². The number of nitrogens with zero attached hydrogens (tertiary/aromatic N) is 5. The standard InChI is InChI=1S/C21H16N6O3/c22-26-24-15-5-1-13(2-6-15)11-18-17(21(29)30)9-10-20(28)19(18)12-14-3-7-16(8-4-14)25-27-23/h1-8,11-12,17,23H,9-10H2/p+1. The highest BCUT2D eigenvalue weighted by Gasteiger charge is 2.31. The first-order valence-corrected chi connectivity index (χ1v) is 9.04. The van der Waals surface area contributed by atoms with Crippen molar-refractivity contribution in [2.45, 2.75) is 12.8 Å². The summed E-state index contributed by atoms with van der Waals surface area (Å²) in [5, 5.41) is 31.0. The van der Waals surface area contributed by atoms with Crippen LogP contribution >= 0.6 is 0 Å². The largest absolute Gasteiger partial charge is 0.481 e. The predicted octanol–water partition coefficient (Wildman–Crippen LogP) is 4.05. The summed E-state index contributed by atoms with van der Waals surface area (Å²) in [6.45, 7) is 0. The summed E-state index contributed by atoms with van der Waals surface area (Å²) in [6, 6.07) is 0. The van der Waals surface area contributed by atoms with Gasteiger partial charge in [0.2, 0.25) is 0 Å². The third-order valence-electron chi connectivity index (χ3n) is 4.69. The second-order valence-electron chi connectivity index (χ2n) is 6.58. The highest BCUT2D eigenvalue weighted by atomic mass is 16.4. The van der Waals surface area contributed by atoms with E-state index in [1.54, 1.807) is 60.8 Å². The Hall–Kier alpha value is -4.32. The quantitative estimate of drug-likeness (QED) is 0.416. The van der Waals surface area contributed by atoms with Gasteiger partial charge in [-0.2, -0.15) is 5.53 Å².